The molecule has 60 valence electrons. The highest BCUT2D eigenvalue weighted by Crippen LogP contribution is 2.47. The molecule has 0 aromatic carbocycles. The van der Waals surface area contributed by atoms with Crippen LogP contribution >= 0.6 is 0 Å². The predicted molar refractivity (Wildman–Crippen MR) is 36.1 cm³/mol. The van der Waals surface area contributed by atoms with E-state index in [2.05, 4.69) is 0 Å². The fourth-order valence-electron chi connectivity index (χ4n) is 0.817. The van der Waals surface area contributed by atoms with Crippen molar-refractivity contribution in [2.45, 2.75) is 12.8 Å². The Kier molecular flexibility index (Phi) is 1.68. The van der Waals surface area contributed by atoms with Crippen LogP contribution in [0.3, 0.4) is 0 Å². The van der Waals surface area contributed by atoms with E-state index in [1.165, 1.54) is 6.08 Å². The zero-order valence-corrected chi connectivity index (χ0v) is 5.78. The molecule has 0 aliphatic heterocycles. The van der Waals surface area contributed by atoms with Crippen LogP contribution in [0.15, 0.2) is 12.2 Å². The third-order valence-corrected chi connectivity index (χ3v) is 1.76. The Morgan fingerprint density at radius 1 is 1.27 bits per heavy atom. The summed E-state index contributed by atoms with van der Waals surface area (Å²) in [5, 5.41) is 16.8. The van der Waals surface area contributed by atoms with Crippen LogP contribution in [-0.2, 0) is 9.59 Å². The van der Waals surface area contributed by atoms with Crippen molar-refractivity contribution >= 4 is 11.9 Å². The van der Waals surface area contributed by atoms with E-state index >= 15 is 0 Å². The van der Waals surface area contributed by atoms with Crippen LogP contribution in [0, 0.1) is 5.41 Å². The van der Waals surface area contributed by atoms with Crippen molar-refractivity contribution in [3.63, 3.8) is 0 Å². The second kappa shape index (κ2) is 2.38. The smallest absolute Gasteiger partial charge is 0.328 e. The average Bonchev–Trinajstić information content (AvgIpc) is 2.63. The standard InChI is InChI=1S/C7H8O4/c8-5(9)1-2-7(3-4-7)6(10)11/h1-2H,3-4H2,(H,8,9)(H,10,11)/b2-1+. The second-order valence-electron chi connectivity index (χ2n) is 2.63. The Bertz CT molecular complexity index is 225. The molecule has 1 rings (SSSR count). The van der Waals surface area contributed by atoms with E-state index in [9.17, 15) is 9.59 Å². The molecule has 0 spiro atoms. The number of carbonyl (C=O) groups is 2. The van der Waals surface area contributed by atoms with Crippen LogP contribution in [-0.4, -0.2) is 22.2 Å². The van der Waals surface area contributed by atoms with E-state index in [4.69, 9.17) is 10.2 Å². The Labute approximate surface area is 63.1 Å². The normalized spacial score (nSPS) is 20.0. The molecule has 0 amide bonds. The highest BCUT2D eigenvalue weighted by atomic mass is 16.4. The van der Waals surface area contributed by atoms with Crippen molar-refractivity contribution in [1.29, 1.82) is 0 Å². The van der Waals surface area contributed by atoms with Gasteiger partial charge in [-0.25, -0.2) is 4.79 Å². The van der Waals surface area contributed by atoms with Gasteiger partial charge in [-0.05, 0) is 12.8 Å². The zero-order valence-electron chi connectivity index (χ0n) is 5.78. The molecule has 0 radical (unpaired) electrons. The van der Waals surface area contributed by atoms with Gasteiger partial charge in [-0.3, -0.25) is 4.79 Å². The molecular formula is C7H8O4. The summed E-state index contributed by atoms with van der Waals surface area (Å²) in [5.74, 6) is -2.03. The van der Waals surface area contributed by atoms with Gasteiger partial charge < -0.3 is 10.2 Å². The number of carboxylic acids is 2. The molecule has 0 aromatic heterocycles. The largest absolute Gasteiger partial charge is 0.481 e. The van der Waals surface area contributed by atoms with Gasteiger partial charge >= 0.3 is 11.9 Å². The molecule has 0 saturated heterocycles. The zero-order chi connectivity index (χ0) is 8.48. The predicted octanol–water partition coefficient (Wildman–Crippen LogP) is 0.492. The van der Waals surface area contributed by atoms with Gasteiger partial charge in [0.15, 0.2) is 0 Å². The molecule has 0 aromatic rings. The summed E-state index contributed by atoms with van der Waals surface area (Å²) < 4.78 is 0. The van der Waals surface area contributed by atoms with Gasteiger partial charge in [0.1, 0.15) is 0 Å². The van der Waals surface area contributed by atoms with E-state index in [1.807, 2.05) is 0 Å². The summed E-state index contributed by atoms with van der Waals surface area (Å²) in [5.41, 5.74) is -0.863. The lowest BCUT2D eigenvalue weighted by molar-refractivity contribution is -0.141. The Balaban J connectivity index is 2.61. The molecule has 1 aliphatic carbocycles. The Hall–Kier alpha value is -1.32. The SMILES string of the molecule is O=C(O)/C=C/C1(C(=O)O)CC1. The molecule has 4 nitrogen and oxygen atoms in total. The maximum atomic E-state index is 10.5. The fraction of sp³-hybridized carbons (Fsp3) is 0.429. The first-order valence-corrected chi connectivity index (χ1v) is 3.22. The van der Waals surface area contributed by atoms with E-state index in [0.717, 1.165) is 6.08 Å². The summed E-state index contributed by atoms with van der Waals surface area (Å²) in [6.07, 6.45) is 3.23. The summed E-state index contributed by atoms with van der Waals surface area (Å²) in [4.78, 5) is 20.5. The number of aliphatic carboxylic acids is 2. The van der Waals surface area contributed by atoms with Gasteiger partial charge in [-0.2, -0.15) is 0 Å². The number of hydrogen-bond acceptors (Lipinski definition) is 2. The van der Waals surface area contributed by atoms with Crippen LogP contribution in [0.2, 0.25) is 0 Å². The van der Waals surface area contributed by atoms with Gasteiger partial charge in [0, 0.05) is 6.08 Å². The lowest BCUT2D eigenvalue weighted by Gasteiger charge is -1.98. The summed E-state index contributed by atoms with van der Waals surface area (Å²) in [6.45, 7) is 0. The first-order valence-electron chi connectivity index (χ1n) is 3.22. The van der Waals surface area contributed by atoms with Crippen LogP contribution in [0.5, 0.6) is 0 Å². The van der Waals surface area contributed by atoms with E-state index in [0.29, 0.717) is 12.8 Å². The molecular weight excluding hydrogens is 148 g/mol. The van der Waals surface area contributed by atoms with Crippen LogP contribution in [0.1, 0.15) is 12.8 Å². The molecule has 0 heterocycles. The second-order valence-corrected chi connectivity index (χ2v) is 2.63. The molecule has 1 fully saturated rings. The summed E-state index contributed by atoms with van der Waals surface area (Å²) in [6, 6.07) is 0. The highest BCUT2D eigenvalue weighted by Gasteiger charge is 2.47. The topological polar surface area (TPSA) is 74.6 Å². The third kappa shape index (κ3) is 1.58. The minimum Gasteiger partial charge on any atom is -0.481 e. The van der Waals surface area contributed by atoms with E-state index in [-0.39, 0.29) is 0 Å². The molecule has 11 heavy (non-hydrogen) atoms. The van der Waals surface area contributed by atoms with Gasteiger partial charge in [-0.1, -0.05) is 6.08 Å². The first-order chi connectivity index (χ1) is 5.07. The number of hydrogen-bond donors (Lipinski definition) is 2. The molecule has 0 unspecified atom stereocenters. The lowest BCUT2D eigenvalue weighted by atomic mass is 10.1. The quantitative estimate of drug-likeness (QED) is 0.583. The Morgan fingerprint density at radius 2 is 1.82 bits per heavy atom. The average molecular weight is 156 g/mol. The fourth-order valence-corrected chi connectivity index (χ4v) is 0.817. The summed E-state index contributed by atoms with van der Waals surface area (Å²) >= 11 is 0. The van der Waals surface area contributed by atoms with Crippen molar-refractivity contribution in [1.82, 2.24) is 0 Å². The molecule has 0 bridgehead atoms. The van der Waals surface area contributed by atoms with Crippen molar-refractivity contribution in [2.75, 3.05) is 0 Å². The van der Waals surface area contributed by atoms with Crippen LogP contribution in [0.4, 0.5) is 0 Å². The number of carboxylic acid groups (broad SMARTS) is 2. The maximum Gasteiger partial charge on any atom is 0.328 e. The van der Waals surface area contributed by atoms with Crippen molar-refractivity contribution in [2.24, 2.45) is 5.41 Å². The maximum absolute atomic E-state index is 10.5. The molecule has 1 aliphatic rings. The van der Waals surface area contributed by atoms with Crippen LogP contribution < -0.4 is 0 Å². The first kappa shape index (κ1) is 7.78. The highest BCUT2D eigenvalue weighted by molar-refractivity contribution is 5.85. The van der Waals surface area contributed by atoms with Crippen molar-refractivity contribution in [3.05, 3.63) is 12.2 Å². The monoisotopic (exact) mass is 156 g/mol. The minimum absolute atomic E-state index is 0.548. The Morgan fingerprint density at radius 3 is 2.09 bits per heavy atom. The van der Waals surface area contributed by atoms with Gasteiger partial charge in [0.05, 0.1) is 5.41 Å². The summed E-state index contributed by atoms with van der Waals surface area (Å²) in [7, 11) is 0. The van der Waals surface area contributed by atoms with Gasteiger partial charge in [-0.15, -0.1) is 0 Å². The lowest BCUT2D eigenvalue weighted by Crippen LogP contribution is -2.11. The molecule has 2 N–H and O–H groups in total. The van der Waals surface area contributed by atoms with Crippen molar-refractivity contribution in [3.8, 4) is 0 Å². The van der Waals surface area contributed by atoms with Gasteiger partial charge in [0.25, 0.3) is 0 Å². The van der Waals surface area contributed by atoms with Crippen LogP contribution in [0.25, 0.3) is 0 Å². The molecule has 0 atom stereocenters. The minimum atomic E-state index is -1.10. The van der Waals surface area contributed by atoms with Crippen molar-refractivity contribution < 1.29 is 19.8 Å². The third-order valence-electron chi connectivity index (χ3n) is 1.76. The van der Waals surface area contributed by atoms with E-state index < -0.39 is 17.4 Å². The molecule has 4 heteroatoms. The van der Waals surface area contributed by atoms with E-state index in [1.54, 1.807) is 0 Å². The van der Waals surface area contributed by atoms with Gasteiger partial charge in [0.2, 0.25) is 0 Å². The number of rotatable bonds is 3. The molecule has 1 saturated carbocycles.